The summed E-state index contributed by atoms with van der Waals surface area (Å²) in [5.41, 5.74) is 14.7. The first-order valence-corrected chi connectivity index (χ1v) is 21.4. The van der Waals surface area contributed by atoms with Crippen molar-refractivity contribution >= 4 is 65.3 Å². The van der Waals surface area contributed by atoms with E-state index in [1.807, 2.05) is 0 Å². The van der Waals surface area contributed by atoms with Crippen LogP contribution in [0.25, 0.3) is 110 Å². The van der Waals surface area contributed by atoms with E-state index in [0.29, 0.717) is 5.82 Å². The molecule has 0 aliphatic carbocycles. The van der Waals surface area contributed by atoms with Crippen LogP contribution in [0.4, 0.5) is 0 Å². The fraction of sp³-hybridized carbons (Fsp3) is 0.0690. The fourth-order valence-electron chi connectivity index (χ4n) is 9.53. The number of rotatable bonds is 5. The molecular weight excluding hydrogens is 753 g/mol. The lowest BCUT2D eigenvalue weighted by Crippen LogP contribution is -2.10. The van der Waals surface area contributed by atoms with Crippen molar-refractivity contribution in [2.24, 2.45) is 0 Å². The van der Waals surface area contributed by atoms with Crippen molar-refractivity contribution in [3.8, 4) is 45.1 Å². The van der Waals surface area contributed by atoms with Gasteiger partial charge in [-0.1, -0.05) is 160 Å². The van der Waals surface area contributed by atoms with Crippen LogP contribution in [-0.4, -0.2) is 19.1 Å². The van der Waals surface area contributed by atoms with Gasteiger partial charge >= 0.3 is 0 Å². The van der Waals surface area contributed by atoms with Crippen molar-refractivity contribution in [2.75, 3.05) is 0 Å². The maximum absolute atomic E-state index is 5.35. The van der Waals surface area contributed by atoms with Crippen LogP contribution in [0, 0.1) is 0 Å². The van der Waals surface area contributed by atoms with Crippen LogP contribution in [0.3, 0.4) is 0 Å². The van der Waals surface area contributed by atoms with Gasteiger partial charge in [0, 0.05) is 54.8 Å². The highest BCUT2D eigenvalue weighted by Gasteiger charge is 2.19. The largest absolute Gasteiger partial charge is 0.309 e. The minimum absolute atomic E-state index is 0.114. The smallest absolute Gasteiger partial charge is 0.160 e. The lowest BCUT2D eigenvalue weighted by Gasteiger charge is -2.19. The average Bonchev–Trinajstić information content (AvgIpc) is 3.83. The number of aromatic nitrogens is 4. The van der Waals surface area contributed by atoms with Gasteiger partial charge in [0.1, 0.15) is 0 Å². The van der Waals surface area contributed by atoms with Gasteiger partial charge in [0.05, 0.1) is 33.3 Å². The molecule has 0 radical (unpaired) electrons. The molecule has 62 heavy (non-hydrogen) atoms. The number of nitrogens with zero attached hydrogens (tertiary/aromatic N) is 4. The summed E-state index contributed by atoms with van der Waals surface area (Å²) in [5, 5.41) is 8.27. The van der Waals surface area contributed by atoms with Gasteiger partial charge in [0.2, 0.25) is 0 Å². The SMILES string of the molecule is CC(C)(C)c1ccc(-c2ccc(-c3nc(-c4ccc(-n5c6ccccc6c6ccc(-n7c8ccccc8c8ccccc87)cc65)cc4)nc4c3ccc3ccccc34)cc2)cc1. The minimum atomic E-state index is 0.114. The molecule has 0 unspecified atom stereocenters. The number of benzene rings is 9. The molecule has 4 nitrogen and oxygen atoms in total. The molecule has 0 saturated carbocycles. The highest BCUT2D eigenvalue weighted by Crippen LogP contribution is 2.39. The summed E-state index contributed by atoms with van der Waals surface area (Å²) >= 11 is 0. The van der Waals surface area contributed by atoms with E-state index in [-0.39, 0.29) is 5.41 Å². The third-order valence-electron chi connectivity index (χ3n) is 12.7. The molecule has 0 spiro atoms. The molecule has 0 atom stereocenters. The van der Waals surface area contributed by atoms with E-state index in [4.69, 9.17) is 9.97 Å². The summed E-state index contributed by atoms with van der Waals surface area (Å²) in [6.07, 6.45) is 0. The Morgan fingerprint density at radius 1 is 0.355 bits per heavy atom. The van der Waals surface area contributed by atoms with Crippen LogP contribution in [0.2, 0.25) is 0 Å². The highest BCUT2D eigenvalue weighted by molar-refractivity contribution is 6.12. The molecule has 12 rings (SSSR count). The molecule has 0 aliphatic rings. The lowest BCUT2D eigenvalue weighted by molar-refractivity contribution is 0.590. The van der Waals surface area contributed by atoms with Crippen LogP contribution in [-0.2, 0) is 5.41 Å². The number of hydrogen-bond acceptors (Lipinski definition) is 2. The van der Waals surface area contributed by atoms with Crippen LogP contribution in [0.1, 0.15) is 26.3 Å². The van der Waals surface area contributed by atoms with Gasteiger partial charge in [-0.2, -0.15) is 0 Å². The Labute approximate surface area is 360 Å². The predicted molar refractivity (Wildman–Crippen MR) is 261 cm³/mol. The van der Waals surface area contributed by atoms with Gasteiger partial charge in [0.25, 0.3) is 0 Å². The third-order valence-corrected chi connectivity index (χ3v) is 12.7. The van der Waals surface area contributed by atoms with Crippen molar-refractivity contribution in [3.63, 3.8) is 0 Å². The Hall–Kier alpha value is -7.82. The van der Waals surface area contributed by atoms with E-state index in [2.05, 4.69) is 230 Å². The van der Waals surface area contributed by atoms with E-state index in [1.54, 1.807) is 0 Å². The topological polar surface area (TPSA) is 35.6 Å². The summed E-state index contributed by atoms with van der Waals surface area (Å²) in [6, 6.07) is 72.4. The van der Waals surface area contributed by atoms with Gasteiger partial charge in [-0.3, -0.25) is 0 Å². The first-order chi connectivity index (χ1) is 30.4. The summed E-state index contributed by atoms with van der Waals surface area (Å²) in [6.45, 7) is 6.76. The molecule has 9 aromatic carbocycles. The first-order valence-electron chi connectivity index (χ1n) is 21.4. The molecule has 0 aliphatic heterocycles. The van der Waals surface area contributed by atoms with E-state index in [1.165, 1.54) is 54.8 Å². The van der Waals surface area contributed by atoms with E-state index < -0.39 is 0 Å². The van der Waals surface area contributed by atoms with E-state index >= 15 is 0 Å². The Bertz CT molecular complexity index is 3640. The molecule has 12 aromatic rings. The summed E-state index contributed by atoms with van der Waals surface area (Å²) in [5.74, 6) is 0.702. The Morgan fingerprint density at radius 3 is 1.44 bits per heavy atom. The molecule has 0 bridgehead atoms. The van der Waals surface area contributed by atoms with Crippen LogP contribution in [0.15, 0.2) is 200 Å². The molecular formula is C58H42N4. The maximum Gasteiger partial charge on any atom is 0.160 e. The minimum Gasteiger partial charge on any atom is -0.309 e. The van der Waals surface area contributed by atoms with E-state index in [0.717, 1.165) is 55.4 Å². The Kier molecular flexibility index (Phi) is 8.07. The zero-order chi connectivity index (χ0) is 41.5. The monoisotopic (exact) mass is 794 g/mol. The highest BCUT2D eigenvalue weighted by atomic mass is 15.0. The standard InChI is InChI=1S/C58H42N4/c1-58(2,3)42-29-24-38(25-30-42)37-20-22-40(23-21-37)55-50-34-28-39-12-4-5-13-45(39)56(50)60-57(59-55)41-26-31-43(32-27-41)61-51-17-9-8-16-48(51)49-35-33-44(36-54(49)61)62-52-18-10-6-14-46(52)47-15-7-11-19-53(47)62/h4-36H,1-3H3. The van der Waals surface area contributed by atoms with Crippen molar-refractivity contribution in [2.45, 2.75) is 26.2 Å². The Morgan fingerprint density at radius 2 is 0.823 bits per heavy atom. The van der Waals surface area contributed by atoms with Crippen molar-refractivity contribution in [3.05, 3.63) is 206 Å². The zero-order valence-electron chi connectivity index (χ0n) is 34.8. The van der Waals surface area contributed by atoms with Crippen molar-refractivity contribution < 1.29 is 0 Å². The molecule has 0 N–H and O–H groups in total. The summed E-state index contributed by atoms with van der Waals surface area (Å²) in [4.78, 5) is 10.7. The zero-order valence-corrected chi connectivity index (χ0v) is 34.8. The molecule has 294 valence electrons. The second-order valence-electron chi connectivity index (χ2n) is 17.5. The quantitative estimate of drug-likeness (QED) is 0.163. The molecule has 0 amide bonds. The molecule has 0 fully saturated rings. The van der Waals surface area contributed by atoms with Gasteiger partial charge in [-0.15, -0.1) is 0 Å². The van der Waals surface area contributed by atoms with Crippen molar-refractivity contribution in [1.82, 2.24) is 19.1 Å². The van der Waals surface area contributed by atoms with Gasteiger partial charge in [0.15, 0.2) is 5.82 Å². The maximum atomic E-state index is 5.35. The molecule has 4 heteroatoms. The third kappa shape index (κ3) is 5.75. The fourth-order valence-corrected chi connectivity index (χ4v) is 9.53. The van der Waals surface area contributed by atoms with Gasteiger partial charge in [-0.25, -0.2) is 9.97 Å². The van der Waals surface area contributed by atoms with E-state index in [9.17, 15) is 0 Å². The molecule has 0 saturated heterocycles. The van der Waals surface area contributed by atoms with Gasteiger partial charge < -0.3 is 9.13 Å². The van der Waals surface area contributed by atoms with Crippen LogP contribution in [0.5, 0.6) is 0 Å². The number of fused-ring (bicyclic) bond motifs is 9. The normalized spacial score (nSPS) is 12.1. The summed E-state index contributed by atoms with van der Waals surface area (Å²) in [7, 11) is 0. The van der Waals surface area contributed by atoms with Crippen LogP contribution < -0.4 is 0 Å². The summed E-state index contributed by atoms with van der Waals surface area (Å²) < 4.78 is 4.79. The van der Waals surface area contributed by atoms with Gasteiger partial charge in [-0.05, 0) is 88.2 Å². The average molecular weight is 795 g/mol. The second-order valence-corrected chi connectivity index (χ2v) is 17.5. The van der Waals surface area contributed by atoms with Crippen molar-refractivity contribution in [1.29, 1.82) is 0 Å². The number of para-hydroxylation sites is 3. The number of hydrogen-bond donors (Lipinski definition) is 0. The molecule has 3 aromatic heterocycles. The Balaban J connectivity index is 0.982. The second kappa shape index (κ2) is 13.9. The predicted octanol–water partition coefficient (Wildman–Crippen LogP) is 15.3. The first kappa shape index (κ1) is 36.1. The van der Waals surface area contributed by atoms with Crippen LogP contribution >= 0.6 is 0 Å². The molecule has 3 heterocycles. The lowest BCUT2D eigenvalue weighted by atomic mass is 9.86.